The molecule has 0 atom stereocenters. The Kier molecular flexibility index (Phi) is 8.26. The van der Waals surface area contributed by atoms with Gasteiger partial charge in [0.05, 0.1) is 13.7 Å². The van der Waals surface area contributed by atoms with Gasteiger partial charge in [-0.3, -0.25) is 14.5 Å². The molecule has 2 aromatic rings. The molecule has 0 saturated heterocycles. The molecule has 176 valence electrons. The number of hydrogen-bond donors (Lipinski definition) is 0. The lowest BCUT2D eigenvalue weighted by molar-refractivity contribution is -0.140. The molecular formula is C28H30N2O4. The lowest BCUT2D eigenvalue weighted by Gasteiger charge is -2.27. The van der Waals surface area contributed by atoms with Gasteiger partial charge in [0, 0.05) is 12.1 Å². The van der Waals surface area contributed by atoms with E-state index in [1.165, 1.54) is 0 Å². The average Bonchev–Trinajstić information content (AvgIpc) is 2.83. The van der Waals surface area contributed by atoms with Crippen molar-refractivity contribution in [2.45, 2.75) is 33.6 Å². The summed E-state index contributed by atoms with van der Waals surface area (Å²) < 4.78 is 11.3. The maximum absolute atomic E-state index is 13.3. The van der Waals surface area contributed by atoms with Crippen LogP contribution in [0.1, 0.15) is 38.3 Å². The number of ether oxygens (including phenoxy) is 2. The minimum absolute atomic E-state index is 0.0143. The van der Waals surface area contributed by atoms with E-state index < -0.39 is 11.8 Å². The van der Waals surface area contributed by atoms with Crippen LogP contribution < -0.4 is 9.47 Å². The maximum atomic E-state index is 13.3. The van der Waals surface area contributed by atoms with E-state index in [-0.39, 0.29) is 12.1 Å². The topological polar surface area (TPSA) is 79.6 Å². The predicted molar refractivity (Wildman–Crippen MR) is 131 cm³/mol. The lowest BCUT2D eigenvalue weighted by atomic mass is 9.93. The van der Waals surface area contributed by atoms with Gasteiger partial charge in [-0.1, -0.05) is 50.2 Å². The van der Waals surface area contributed by atoms with Crippen LogP contribution in [0.2, 0.25) is 0 Å². The van der Waals surface area contributed by atoms with Crippen molar-refractivity contribution in [3.8, 4) is 17.6 Å². The fourth-order valence-electron chi connectivity index (χ4n) is 3.68. The van der Waals surface area contributed by atoms with E-state index in [1.807, 2.05) is 42.5 Å². The number of amides is 2. The fourth-order valence-corrected chi connectivity index (χ4v) is 3.68. The Morgan fingerprint density at radius 3 is 2.44 bits per heavy atom. The van der Waals surface area contributed by atoms with Gasteiger partial charge >= 0.3 is 0 Å². The van der Waals surface area contributed by atoms with Crippen molar-refractivity contribution in [3.63, 3.8) is 0 Å². The molecule has 1 aliphatic heterocycles. The van der Waals surface area contributed by atoms with Crippen LogP contribution in [-0.2, 0) is 16.0 Å². The van der Waals surface area contributed by atoms with Crippen LogP contribution in [0.5, 0.6) is 11.5 Å². The van der Waals surface area contributed by atoms with Crippen molar-refractivity contribution in [2.75, 3.05) is 20.3 Å². The van der Waals surface area contributed by atoms with Gasteiger partial charge in [-0.05, 0) is 60.6 Å². The van der Waals surface area contributed by atoms with Gasteiger partial charge in [0.2, 0.25) is 0 Å². The zero-order valence-electron chi connectivity index (χ0n) is 20.1. The summed E-state index contributed by atoms with van der Waals surface area (Å²) in [5.74, 6) is 0.757. The van der Waals surface area contributed by atoms with E-state index in [0.717, 1.165) is 16.9 Å². The highest BCUT2D eigenvalue weighted by Crippen LogP contribution is 2.32. The van der Waals surface area contributed by atoms with E-state index in [1.54, 1.807) is 32.2 Å². The van der Waals surface area contributed by atoms with E-state index >= 15 is 0 Å². The molecule has 3 rings (SSSR count). The summed E-state index contributed by atoms with van der Waals surface area (Å²) >= 11 is 0. The first-order chi connectivity index (χ1) is 16.3. The molecule has 0 spiro atoms. The van der Waals surface area contributed by atoms with Crippen molar-refractivity contribution in [2.24, 2.45) is 5.92 Å². The summed E-state index contributed by atoms with van der Waals surface area (Å²) in [5.41, 5.74) is 2.41. The van der Waals surface area contributed by atoms with E-state index in [0.29, 0.717) is 47.2 Å². The van der Waals surface area contributed by atoms with Crippen LogP contribution in [-0.4, -0.2) is 37.0 Å². The third kappa shape index (κ3) is 5.74. The molecule has 1 aliphatic rings. The first kappa shape index (κ1) is 24.8. The maximum Gasteiger partial charge on any atom is 0.271 e. The third-order valence-corrected chi connectivity index (χ3v) is 5.74. The first-order valence-electron chi connectivity index (χ1n) is 11.4. The van der Waals surface area contributed by atoms with Crippen LogP contribution in [0.15, 0.2) is 65.3 Å². The molecule has 0 N–H and O–H groups in total. The molecule has 0 fully saturated rings. The molecular weight excluding hydrogens is 428 g/mol. The van der Waals surface area contributed by atoms with Gasteiger partial charge in [-0.15, -0.1) is 0 Å². The minimum Gasteiger partial charge on any atom is -0.493 e. The highest BCUT2D eigenvalue weighted by Gasteiger charge is 2.35. The smallest absolute Gasteiger partial charge is 0.271 e. The molecule has 34 heavy (non-hydrogen) atoms. The number of carbonyl (C=O) groups excluding carboxylic acids is 2. The Bertz CT molecular complexity index is 1160. The monoisotopic (exact) mass is 458 g/mol. The highest BCUT2D eigenvalue weighted by atomic mass is 16.5. The molecule has 2 aromatic carbocycles. The Morgan fingerprint density at radius 2 is 1.79 bits per heavy atom. The second kappa shape index (κ2) is 11.3. The quantitative estimate of drug-likeness (QED) is 0.392. The summed E-state index contributed by atoms with van der Waals surface area (Å²) in [5, 5.41) is 9.61. The fraction of sp³-hybridized carbons (Fsp3) is 0.321. The Hall–Kier alpha value is -3.85. The average molecular weight is 459 g/mol. The molecule has 1 heterocycles. The van der Waals surface area contributed by atoms with Gasteiger partial charge < -0.3 is 9.47 Å². The van der Waals surface area contributed by atoms with Crippen molar-refractivity contribution >= 4 is 17.9 Å². The van der Waals surface area contributed by atoms with Crippen LogP contribution in [0.3, 0.4) is 0 Å². The number of methoxy groups -OCH3 is 1. The van der Waals surface area contributed by atoms with E-state index in [9.17, 15) is 14.9 Å². The highest BCUT2D eigenvalue weighted by molar-refractivity contribution is 6.19. The standard InChI is InChI=1S/C28H30N2O4/c1-19(2)13-15-34-25-11-10-22(17-26(25)33-4)16-23-20(3)24(18-29)28(32)30(27(23)31)14-12-21-8-6-5-7-9-21/h5-11,16-17,19H,12-15H2,1-4H3/b23-16+. The zero-order valence-corrected chi connectivity index (χ0v) is 20.1. The van der Waals surface area contributed by atoms with Gasteiger partial charge in [-0.2, -0.15) is 5.26 Å². The zero-order chi connectivity index (χ0) is 24.7. The molecule has 0 unspecified atom stereocenters. The van der Waals surface area contributed by atoms with Gasteiger partial charge in [0.15, 0.2) is 11.5 Å². The lowest BCUT2D eigenvalue weighted by Crippen LogP contribution is -2.43. The summed E-state index contributed by atoms with van der Waals surface area (Å²) in [6, 6.07) is 17.0. The van der Waals surface area contributed by atoms with Gasteiger partial charge in [0.1, 0.15) is 11.6 Å². The number of carbonyl (C=O) groups is 2. The van der Waals surface area contributed by atoms with Crippen LogP contribution in [0.25, 0.3) is 6.08 Å². The number of hydrogen-bond acceptors (Lipinski definition) is 5. The first-order valence-corrected chi connectivity index (χ1v) is 11.4. The summed E-state index contributed by atoms with van der Waals surface area (Å²) in [7, 11) is 1.57. The minimum atomic E-state index is -0.551. The van der Waals surface area contributed by atoms with Gasteiger partial charge in [-0.25, -0.2) is 0 Å². The second-order valence-corrected chi connectivity index (χ2v) is 8.61. The number of imide groups is 1. The Labute approximate surface area is 201 Å². The van der Waals surface area contributed by atoms with Crippen LogP contribution in [0, 0.1) is 17.2 Å². The van der Waals surface area contributed by atoms with Crippen LogP contribution >= 0.6 is 0 Å². The molecule has 6 heteroatoms. The molecule has 0 aromatic heterocycles. The molecule has 0 radical (unpaired) electrons. The Morgan fingerprint density at radius 1 is 1.06 bits per heavy atom. The predicted octanol–water partition coefficient (Wildman–Crippen LogP) is 4.96. The summed E-state index contributed by atoms with van der Waals surface area (Å²) in [6.45, 7) is 6.68. The normalized spacial score (nSPS) is 15.2. The summed E-state index contributed by atoms with van der Waals surface area (Å²) in [4.78, 5) is 27.3. The van der Waals surface area contributed by atoms with Crippen molar-refractivity contribution in [1.29, 1.82) is 5.26 Å². The molecule has 0 saturated carbocycles. The van der Waals surface area contributed by atoms with Crippen LogP contribution in [0.4, 0.5) is 0 Å². The number of benzene rings is 2. The number of rotatable bonds is 9. The molecule has 2 amide bonds. The second-order valence-electron chi connectivity index (χ2n) is 8.61. The van der Waals surface area contributed by atoms with Crippen molar-refractivity contribution in [1.82, 2.24) is 4.90 Å². The summed E-state index contributed by atoms with van der Waals surface area (Å²) in [6.07, 6.45) is 3.13. The largest absolute Gasteiger partial charge is 0.493 e. The molecule has 0 aliphatic carbocycles. The SMILES string of the molecule is COc1cc(/C=C2/C(=O)N(CCc3ccccc3)C(=O)C(C#N)=C2C)ccc1OCCC(C)C. The van der Waals surface area contributed by atoms with Crippen molar-refractivity contribution in [3.05, 3.63) is 76.4 Å². The number of nitrogens with zero attached hydrogens (tertiary/aromatic N) is 2. The van der Waals surface area contributed by atoms with Gasteiger partial charge in [0.25, 0.3) is 11.8 Å². The third-order valence-electron chi connectivity index (χ3n) is 5.74. The van der Waals surface area contributed by atoms with E-state index in [4.69, 9.17) is 9.47 Å². The molecule has 0 bridgehead atoms. The van der Waals surface area contributed by atoms with E-state index in [2.05, 4.69) is 13.8 Å². The Balaban J connectivity index is 1.89. The van der Waals surface area contributed by atoms with Crippen molar-refractivity contribution < 1.29 is 19.1 Å². The molecule has 6 nitrogen and oxygen atoms in total. The number of nitriles is 1.